The van der Waals surface area contributed by atoms with Gasteiger partial charge in [-0.15, -0.1) is 13.2 Å². The van der Waals surface area contributed by atoms with Crippen LogP contribution in [0.2, 0.25) is 0 Å². The second kappa shape index (κ2) is 8.62. The van der Waals surface area contributed by atoms with E-state index in [2.05, 4.69) is 10.1 Å². The van der Waals surface area contributed by atoms with Gasteiger partial charge in [-0.2, -0.15) is 0 Å². The molecule has 158 valence electrons. The molecule has 1 N–H and O–H groups in total. The summed E-state index contributed by atoms with van der Waals surface area (Å²) in [5.41, 5.74) is 1.09. The Morgan fingerprint density at radius 2 is 1.72 bits per heavy atom. The molecule has 1 aliphatic heterocycles. The minimum absolute atomic E-state index is 0.0249. The van der Waals surface area contributed by atoms with E-state index in [0.717, 1.165) is 32.2 Å². The minimum Gasteiger partial charge on any atom is -0.489 e. The van der Waals surface area contributed by atoms with Crippen LogP contribution in [-0.4, -0.2) is 40.7 Å². The van der Waals surface area contributed by atoms with E-state index in [1.54, 1.807) is 12.1 Å². The first-order valence-electron chi connectivity index (χ1n) is 9.15. The van der Waals surface area contributed by atoms with Crippen LogP contribution in [0.1, 0.15) is 12.8 Å². The van der Waals surface area contributed by atoms with Crippen LogP contribution in [-0.2, 0) is 9.84 Å². The molecular weight excluding hydrogens is 407 g/mol. The number of alkyl halides is 3. The first-order chi connectivity index (χ1) is 13.6. The van der Waals surface area contributed by atoms with Gasteiger partial charge in [0.1, 0.15) is 0 Å². The molecule has 0 atom stereocenters. The molecule has 9 heteroatoms. The topological polar surface area (TPSA) is 64.6 Å². The van der Waals surface area contributed by atoms with Crippen molar-refractivity contribution in [2.45, 2.75) is 24.1 Å². The van der Waals surface area contributed by atoms with Crippen molar-refractivity contribution in [3.8, 4) is 22.6 Å². The summed E-state index contributed by atoms with van der Waals surface area (Å²) in [4.78, 5) is 0.128. The van der Waals surface area contributed by atoms with Crippen LogP contribution in [0.3, 0.4) is 0 Å². The maximum atomic E-state index is 12.8. The zero-order valence-electron chi connectivity index (χ0n) is 15.8. The number of benzene rings is 2. The average molecular weight is 429 g/mol. The second-order valence-corrected chi connectivity index (χ2v) is 9.03. The molecular formula is C20H22F3NO4S. The Morgan fingerprint density at radius 3 is 2.38 bits per heavy atom. The molecule has 5 nitrogen and oxygen atoms in total. The molecule has 2 aromatic rings. The Labute approximate surface area is 167 Å². The normalized spacial score (nSPS) is 15.9. The number of nitrogens with one attached hydrogen (secondary N) is 1. The smallest absolute Gasteiger partial charge is 0.489 e. The van der Waals surface area contributed by atoms with Crippen molar-refractivity contribution in [2.75, 3.05) is 26.0 Å². The molecule has 0 aliphatic carbocycles. The van der Waals surface area contributed by atoms with Gasteiger partial charge < -0.3 is 14.8 Å². The fraction of sp³-hybridized carbons (Fsp3) is 0.400. The molecule has 29 heavy (non-hydrogen) atoms. The summed E-state index contributed by atoms with van der Waals surface area (Å²) in [6.45, 7) is 1.97. The van der Waals surface area contributed by atoms with E-state index in [4.69, 9.17) is 4.74 Å². The SMILES string of the molecule is CS(=O)(=O)c1cccc(-c2ccc(OC(F)(F)F)c(OCC3CCNCC3)c2)c1. The van der Waals surface area contributed by atoms with Gasteiger partial charge in [-0.3, -0.25) is 0 Å². The van der Waals surface area contributed by atoms with Gasteiger partial charge in [0.05, 0.1) is 11.5 Å². The molecule has 0 saturated carbocycles. The van der Waals surface area contributed by atoms with Crippen LogP contribution in [0.4, 0.5) is 13.2 Å². The lowest BCUT2D eigenvalue weighted by atomic mass is 9.99. The van der Waals surface area contributed by atoms with Gasteiger partial charge >= 0.3 is 6.36 Å². The third-order valence-corrected chi connectivity index (χ3v) is 5.81. The van der Waals surface area contributed by atoms with Crippen molar-refractivity contribution in [3.63, 3.8) is 0 Å². The van der Waals surface area contributed by atoms with E-state index in [9.17, 15) is 21.6 Å². The molecule has 0 bridgehead atoms. The van der Waals surface area contributed by atoms with E-state index in [0.29, 0.717) is 11.1 Å². The number of sulfone groups is 1. The first kappa shape index (κ1) is 21.4. The Hall–Kier alpha value is -2.26. The van der Waals surface area contributed by atoms with Gasteiger partial charge in [-0.1, -0.05) is 18.2 Å². The molecule has 0 aromatic heterocycles. The zero-order chi connectivity index (χ0) is 21.1. The van der Waals surface area contributed by atoms with Crippen LogP contribution in [0, 0.1) is 5.92 Å². The maximum Gasteiger partial charge on any atom is 0.573 e. The molecule has 0 unspecified atom stereocenters. The Bertz CT molecular complexity index is 954. The minimum atomic E-state index is -4.84. The van der Waals surface area contributed by atoms with Crippen LogP contribution in [0.25, 0.3) is 11.1 Å². The number of hydrogen-bond acceptors (Lipinski definition) is 5. The number of ether oxygens (including phenoxy) is 2. The molecule has 0 spiro atoms. The van der Waals surface area contributed by atoms with Gasteiger partial charge in [0.2, 0.25) is 0 Å². The van der Waals surface area contributed by atoms with Crippen LogP contribution < -0.4 is 14.8 Å². The van der Waals surface area contributed by atoms with Gasteiger partial charge in [-0.25, -0.2) is 8.42 Å². The van der Waals surface area contributed by atoms with Crippen molar-refractivity contribution in [3.05, 3.63) is 42.5 Å². The lowest BCUT2D eigenvalue weighted by Crippen LogP contribution is -2.30. The van der Waals surface area contributed by atoms with Crippen molar-refractivity contribution in [1.29, 1.82) is 0 Å². The third-order valence-electron chi connectivity index (χ3n) is 4.70. The highest BCUT2D eigenvalue weighted by Crippen LogP contribution is 2.37. The quantitative estimate of drug-likeness (QED) is 0.751. The van der Waals surface area contributed by atoms with E-state index < -0.39 is 21.9 Å². The highest BCUT2D eigenvalue weighted by molar-refractivity contribution is 7.90. The monoisotopic (exact) mass is 429 g/mol. The molecule has 1 heterocycles. The van der Waals surface area contributed by atoms with Crippen LogP contribution in [0.5, 0.6) is 11.5 Å². The van der Waals surface area contributed by atoms with E-state index in [1.165, 1.54) is 30.3 Å². The van der Waals surface area contributed by atoms with Gasteiger partial charge in [0.25, 0.3) is 0 Å². The molecule has 0 amide bonds. The van der Waals surface area contributed by atoms with Crippen molar-refractivity contribution in [1.82, 2.24) is 5.32 Å². The summed E-state index contributed by atoms with van der Waals surface area (Å²) in [7, 11) is -3.41. The third kappa shape index (κ3) is 6.11. The summed E-state index contributed by atoms with van der Waals surface area (Å²) in [6.07, 6.45) is -1.98. The van der Waals surface area contributed by atoms with Gasteiger partial charge in [-0.05, 0) is 67.2 Å². The van der Waals surface area contributed by atoms with Crippen molar-refractivity contribution in [2.24, 2.45) is 5.92 Å². The van der Waals surface area contributed by atoms with Crippen molar-refractivity contribution >= 4 is 9.84 Å². The van der Waals surface area contributed by atoms with E-state index in [1.807, 2.05) is 0 Å². The zero-order valence-corrected chi connectivity index (χ0v) is 16.6. The maximum absolute atomic E-state index is 12.8. The van der Waals surface area contributed by atoms with Crippen LogP contribution >= 0.6 is 0 Å². The predicted molar refractivity (Wildman–Crippen MR) is 103 cm³/mol. The number of hydrogen-bond donors (Lipinski definition) is 1. The lowest BCUT2D eigenvalue weighted by Gasteiger charge is -2.23. The van der Waals surface area contributed by atoms with Gasteiger partial charge in [0.15, 0.2) is 21.3 Å². The number of rotatable bonds is 6. The average Bonchev–Trinajstić information content (AvgIpc) is 2.66. The molecule has 3 rings (SSSR count). The van der Waals surface area contributed by atoms with E-state index in [-0.39, 0.29) is 23.2 Å². The Kier molecular flexibility index (Phi) is 6.38. The summed E-state index contributed by atoms with van der Waals surface area (Å²) in [5.74, 6) is -0.204. The predicted octanol–water partition coefficient (Wildman–Crippen LogP) is 4.03. The summed E-state index contributed by atoms with van der Waals surface area (Å²) < 4.78 is 71.7. The largest absolute Gasteiger partial charge is 0.573 e. The van der Waals surface area contributed by atoms with Crippen LogP contribution in [0.15, 0.2) is 47.4 Å². The van der Waals surface area contributed by atoms with E-state index >= 15 is 0 Å². The highest BCUT2D eigenvalue weighted by Gasteiger charge is 2.32. The Balaban J connectivity index is 1.91. The van der Waals surface area contributed by atoms with Crippen molar-refractivity contribution < 1.29 is 31.1 Å². The standard InChI is InChI=1S/C20H22F3NO4S/c1-29(25,26)17-4-2-3-15(11-17)16-5-6-18(28-20(21,22)23)19(12-16)27-13-14-7-9-24-10-8-14/h2-6,11-12,14,24H,7-10,13H2,1H3. The fourth-order valence-electron chi connectivity index (χ4n) is 3.17. The lowest BCUT2D eigenvalue weighted by molar-refractivity contribution is -0.275. The van der Waals surface area contributed by atoms with Gasteiger partial charge in [0, 0.05) is 6.26 Å². The molecule has 1 fully saturated rings. The highest BCUT2D eigenvalue weighted by atomic mass is 32.2. The molecule has 1 saturated heterocycles. The second-order valence-electron chi connectivity index (χ2n) is 7.01. The fourth-order valence-corrected chi connectivity index (χ4v) is 3.84. The molecule has 2 aromatic carbocycles. The molecule has 1 aliphatic rings. The number of piperidine rings is 1. The first-order valence-corrected chi connectivity index (χ1v) is 11.0. The summed E-state index contributed by atoms with van der Waals surface area (Å²) in [5, 5.41) is 3.23. The Morgan fingerprint density at radius 1 is 1.03 bits per heavy atom. The summed E-state index contributed by atoms with van der Waals surface area (Å²) >= 11 is 0. The molecule has 0 radical (unpaired) electrons. The summed E-state index contributed by atoms with van der Waals surface area (Å²) in [6, 6.07) is 10.3. The number of halogens is 3.